The summed E-state index contributed by atoms with van der Waals surface area (Å²) in [5.74, 6) is 4.14. The van der Waals surface area contributed by atoms with Gasteiger partial charge >= 0.3 is 0 Å². The molecule has 1 spiro atoms. The van der Waals surface area contributed by atoms with Gasteiger partial charge in [0, 0.05) is 17.9 Å². The highest BCUT2D eigenvalue weighted by Gasteiger charge is 2.47. The summed E-state index contributed by atoms with van der Waals surface area (Å²) in [4.78, 5) is 0. The zero-order valence-corrected chi connectivity index (χ0v) is 13.9. The Labute approximate surface area is 128 Å². The van der Waals surface area contributed by atoms with Gasteiger partial charge in [-0.1, -0.05) is 19.8 Å². The van der Waals surface area contributed by atoms with Gasteiger partial charge in [-0.05, 0) is 62.5 Å². The summed E-state index contributed by atoms with van der Waals surface area (Å²) in [5, 5.41) is 0. The molecule has 1 aliphatic carbocycles. The Morgan fingerprint density at radius 3 is 2.65 bits per heavy atom. The molecule has 0 amide bonds. The molecular weight excluding hydrogens is 266 g/mol. The molecule has 0 bridgehead atoms. The average molecular weight is 298 g/mol. The van der Waals surface area contributed by atoms with Gasteiger partial charge in [0.05, 0.1) is 5.60 Å². The van der Waals surface area contributed by atoms with E-state index in [1.807, 2.05) is 0 Å². The fourth-order valence-electron chi connectivity index (χ4n) is 4.70. The second-order valence-electron chi connectivity index (χ2n) is 7.49. The lowest BCUT2D eigenvalue weighted by atomic mass is 9.65. The molecule has 0 aromatic heterocycles. The SMILES string of the molecule is CCCC1CCC(N)(C2CCOC3(CCSC3)C2)CC1. The minimum absolute atomic E-state index is 0.119. The lowest BCUT2D eigenvalue weighted by Gasteiger charge is -2.48. The van der Waals surface area contributed by atoms with Crippen LogP contribution in [0.5, 0.6) is 0 Å². The van der Waals surface area contributed by atoms with E-state index < -0.39 is 0 Å². The van der Waals surface area contributed by atoms with Crippen LogP contribution in [0.15, 0.2) is 0 Å². The predicted molar refractivity (Wildman–Crippen MR) is 87.1 cm³/mol. The van der Waals surface area contributed by atoms with E-state index in [4.69, 9.17) is 10.5 Å². The molecule has 3 heteroatoms. The largest absolute Gasteiger partial charge is 0.374 e. The van der Waals surface area contributed by atoms with Gasteiger partial charge in [0.25, 0.3) is 0 Å². The zero-order valence-electron chi connectivity index (χ0n) is 13.0. The molecule has 3 aliphatic rings. The topological polar surface area (TPSA) is 35.2 Å². The molecule has 2 saturated heterocycles. The molecule has 3 rings (SSSR count). The van der Waals surface area contributed by atoms with E-state index in [0.29, 0.717) is 5.92 Å². The van der Waals surface area contributed by atoms with Crippen LogP contribution in [-0.2, 0) is 4.74 Å². The molecule has 0 aromatic rings. The maximum absolute atomic E-state index is 6.88. The standard InChI is InChI=1S/C17H31NOS/c1-2-3-14-4-7-17(18,8-5-14)15-6-10-19-16(12-15)9-11-20-13-16/h14-15H,2-13,18H2,1H3. The minimum Gasteiger partial charge on any atom is -0.374 e. The van der Waals surface area contributed by atoms with Crippen LogP contribution in [0.1, 0.15) is 64.7 Å². The summed E-state index contributed by atoms with van der Waals surface area (Å²) in [6.45, 7) is 3.26. The molecular formula is C17H31NOS. The number of nitrogens with two attached hydrogens (primary N) is 1. The van der Waals surface area contributed by atoms with Crippen LogP contribution in [0.4, 0.5) is 0 Å². The monoisotopic (exact) mass is 297 g/mol. The third-order valence-electron chi connectivity index (χ3n) is 6.11. The van der Waals surface area contributed by atoms with Crippen molar-refractivity contribution in [2.45, 2.75) is 75.9 Å². The van der Waals surface area contributed by atoms with Gasteiger partial charge < -0.3 is 10.5 Å². The molecule has 1 saturated carbocycles. The number of thioether (sulfide) groups is 1. The molecule has 0 aromatic carbocycles. The zero-order chi connectivity index (χ0) is 14.1. The van der Waals surface area contributed by atoms with Crippen molar-refractivity contribution in [2.75, 3.05) is 18.1 Å². The second kappa shape index (κ2) is 6.18. The predicted octanol–water partition coefficient (Wildman–Crippen LogP) is 3.98. The first-order valence-electron chi connectivity index (χ1n) is 8.66. The quantitative estimate of drug-likeness (QED) is 0.856. The van der Waals surface area contributed by atoms with E-state index in [1.54, 1.807) is 0 Å². The summed E-state index contributed by atoms with van der Waals surface area (Å²) in [5.41, 5.74) is 7.19. The molecule has 3 fully saturated rings. The molecule has 20 heavy (non-hydrogen) atoms. The lowest BCUT2D eigenvalue weighted by Crippen LogP contribution is -2.55. The Hall–Kier alpha value is 0.270. The van der Waals surface area contributed by atoms with Crippen molar-refractivity contribution in [3.8, 4) is 0 Å². The first kappa shape index (κ1) is 15.2. The molecule has 116 valence electrons. The van der Waals surface area contributed by atoms with Gasteiger partial charge in [0.1, 0.15) is 0 Å². The first-order chi connectivity index (χ1) is 9.66. The van der Waals surface area contributed by atoms with Crippen LogP contribution in [0.2, 0.25) is 0 Å². The number of rotatable bonds is 3. The van der Waals surface area contributed by atoms with Crippen molar-refractivity contribution in [3.05, 3.63) is 0 Å². The first-order valence-corrected chi connectivity index (χ1v) is 9.82. The maximum atomic E-state index is 6.88. The van der Waals surface area contributed by atoms with Crippen LogP contribution in [0, 0.1) is 11.8 Å². The summed E-state index contributed by atoms with van der Waals surface area (Å²) < 4.78 is 6.18. The highest BCUT2D eigenvalue weighted by molar-refractivity contribution is 7.99. The molecule has 2 N–H and O–H groups in total. The van der Waals surface area contributed by atoms with Gasteiger partial charge in [0.15, 0.2) is 0 Å². The van der Waals surface area contributed by atoms with Crippen molar-refractivity contribution >= 4 is 11.8 Å². The Morgan fingerprint density at radius 2 is 2.00 bits per heavy atom. The smallest absolute Gasteiger partial charge is 0.0783 e. The van der Waals surface area contributed by atoms with E-state index >= 15 is 0 Å². The Balaban J connectivity index is 1.60. The van der Waals surface area contributed by atoms with Crippen LogP contribution < -0.4 is 5.73 Å². The maximum Gasteiger partial charge on any atom is 0.0783 e. The Morgan fingerprint density at radius 1 is 1.20 bits per heavy atom. The summed E-state index contributed by atoms with van der Waals surface area (Å²) >= 11 is 2.07. The van der Waals surface area contributed by atoms with Gasteiger partial charge in [-0.2, -0.15) is 11.8 Å². The number of hydrogen-bond donors (Lipinski definition) is 1. The molecule has 2 aliphatic heterocycles. The molecule has 2 nitrogen and oxygen atoms in total. The third-order valence-corrected chi connectivity index (χ3v) is 7.33. The van der Waals surface area contributed by atoms with E-state index in [2.05, 4.69) is 18.7 Å². The van der Waals surface area contributed by atoms with Crippen LogP contribution >= 0.6 is 11.8 Å². The van der Waals surface area contributed by atoms with Crippen LogP contribution in [0.3, 0.4) is 0 Å². The minimum atomic E-state index is 0.119. The summed E-state index contributed by atoms with van der Waals surface area (Å²) in [6.07, 6.45) is 11.7. The second-order valence-corrected chi connectivity index (χ2v) is 8.59. The number of hydrogen-bond acceptors (Lipinski definition) is 3. The van der Waals surface area contributed by atoms with Crippen molar-refractivity contribution in [2.24, 2.45) is 17.6 Å². The van der Waals surface area contributed by atoms with E-state index in [-0.39, 0.29) is 11.1 Å². The van der Waals surface area contributed by atoms with E-state index in [1.165, 1.54) is 69.3 Å². The van der Waals surface area contributed by atoms with Gasteiger partial charge in [0.2, 0.25) is 0 Å². The normalized spacial score (nSPS) is 45.9. The van der Waals surface area contributed by atoms with Crippen molar-refractivity contribution in [3.63, 3.8) is 0 Å². The lowest BCUT2D eigenvalue weighted by molar-refractivity contribution is -0.0967. The average Bonchev–Trinajstić information content (AvgIpc) is 2.90. The van der Waals surface area contributed by atoms with E-state index in [0.717, 1.165) is 12.5 Å². The number of ether oxygens (including phenoxy) is 1. The van der Waals surface area contributed by atoms with Crippen molar-refractivity contribution < 1.29 is 4.74 Å². The summed E-state index contributed by atoms with van der Waals surface area (Å²) in [6, 6.07) is 0. The fourth-order valence-corrected chi connectivity index (χ4v) is 6.08. The summed E-state index contributed by atoms with van der Waals surface area (Å²) in [7, 11) is 0. The van der Waals surface area contributed by atoms with Crippen LogP contribution in [-0.4, -0.2) is 29.3 Å². The van der Waals surface area contributed by atoms with Crippen molar-refractivity contribution in [1.29, 1.82) is 0 Å². The van der Waals surface area contributed by atoms with Gasteiger partial charge in [-0.15, -0.1) is 0 Å². The van der Waals surface area contributed by atoms with Gasteiger partial charge in [-0.25, -0.2) is 0 Å². The molecule has 2 atom stereocenters. The van der Waals surface area contributed by atoms with Crippen molar-refractivity contribution in [1.82, 2.24) is 0 Å². The molecule has 2 heterocycles. The van der Waals surface area contributed by atoms with Gasteiger partial charge in [-0.3, -0.25) is 0 Å². The van der Waals surface area contributed by atoms with E-state index in [9.17, 15) is 0 Å². The highest BCUT2D eigenvalue weighted by Crippen LogP contribution is 2.47. The molecule has 0 radical (unpaired) electrons. The Bertz CT molecular complexity index is 319. The third kappa shape index (κ3) is 3.05. The molecule has 2 unspecified atom stereocenters. The fraction of sp³-hybridized carbons (Fsp3) is 1.00. The highest BCUT2D eigenvalue weighted by atomic mass is 32.2. The Kier molecular flexibility index (Phi) is 4.69. The van der Waals surface area contributed by atoms with Crippen LogP contribution in [0.25, 0.3) is 0 Å².